The van der Waals surface area contributed by atoms with Crippen LogP contribution in [0.25, 0.3) is 0 Å². The molecular formula is C7H5BrCl2O2S. The van der Waals surface area contributed by atoms with Crippen molar-refractivity contribution >= 4 is 47.3 Å². The van der Waals surface area contributed by atoms with Crippen molar-refractivity contribution < 1.29 is 8.42 Å². The lowest BCUT2D eigenvalue weighted by Gasteiger charge is -2.05. The lowest BCUT2D eigenvalue weighted by molar-refractivity contribution is 0.609. The molecule has 0 radical (unpaired) electrons. The smallest absolute Gasteiger partial charge is 0.207 e. The Morgan fingerprint density at radius 1 is 1.38 bits per heavy atom. The minimum Gasteiger partial charge on any atom is -0.207 e. The fourth-order valence-electron chi connectivity index (χ4n) is 0.854. The summed E-state index contributed by atoms with van der Waals surface area (Å²) in [7, 11) is 1.41. The SMILES string of the molecule is Cc1ccc(Br)c(S(=O)(=O)Cl)c1Cl. The highest BCUT2D eigenvalue weighted by Gasteiger charge is 2.19. The van der Waals surface area contributed by atoms with Gasteiger partial charge in [-0.1, -0.05) is 17.7 Å². The molecule has 0 atom stereocenters. The molecule has 0 amide bonds. The van der Waals surface area contributed by atoms with E-state index in [2.05, 4.69) is 15.9 Å². The lowest BCUT2D eigenvalue weighted by atomic mass is 10.2. The van der Waals surface area contributed by atoms with Crippen molar-refractivity contribution in [1.29, 1.82) is 0 Å². The van der Waals surface area contributed by atoms with E-state index >= 15 is 0 Å². The minimum atomic E-state index is -3.79. The average Bonchev–Trinajstić information content (AvgIpc) is 1.95. The molecule has 0 aliphatic rings. The number of halogens is 3. The van der Waals surface area contributed by atoms with Crippen LogP contribution in [0.5, 0.6) is 0 Å². The molecule has 13 heavy (non-hydrogen) atoms. The van der Waals surface area contributed by atoms with Gasteiger partial charge in [0.05, 0.1) is 5.02 Å². The summed E-state index contributed by atoms with van der Waals surface area (Å²) >= 11 is 8.86. The van der Waals surface area contributed by atoms with Gasteiger partial charge in [-0.2, -0.15) is 0 Å². The maximum Gasteiger partial charge on any atom is 0.263 e. The quantitative estimate of drug-likeness (QED) is 0.746. The van der Waals surface area contributed by atoms with Crippen molar-refractivity contribution in [2.24, 2.45) is 0 Å². The predicted molar refractivity (Wildman–Crippen MR) is 56.9 cm³/mol. The van der Waals surface area contributed by atoms with Gasteiger partial charge < -0.3 is 0 Å². The van der Waals surface area contributed by atoms with E-state index in [1.165, 1.54) is 0 Å². The van der Waals surface area contributed by atoms with E-state index in [-0.39, 0.29) is 9.92 Å². The molecule has 72 valence electrons. The molecule has 0 saturated carbocycles. The largest absolute Gasteiger partial charge is 0.263 e. The molecule has 6 heteroatoms. The zero-order chi connectivity index (χ0) is 10.2. The molecule has 0 unspecified atom stereocenters. The molecule has 0 aliphatic carbocycles. The van der Waals surface area contributed by atoms with Crippen LogP contribution in [0.1, 0.15) is 5.56 Å². The van der Waals surface area contributed by atoms with Gasteiger partial charge in [0.2, 0.25) is 0 Å². The summed E-state index contributed by atoms with van der Waals surface area (Å²) in [6.45, 7) is 1.71. The summed E-state index contributed by atoms with van der Waals surface area (Å²) in [5.41, 5.74) is 0.670. The molecule has 0 spiro atoms. The Hall–Kier alpha value is 0.230. The number of hydrogen-bond acceptors (Lipinski definition) is 2. The molecule has 0 aliphatic heterocycles. The fraction of sp³-hybridized carbons (Fsp3) is 0.143. The predicted octanol–water partition coefficient (Wildman–Crippen LogP) is 3.34. The molecule has 0 fully saturated rings. The van der Waals surface area contributed by atoms with Crippen LogP contribution >= 0.6 is 38.2 Å². The molecule has 0 N–H and O–H groups in total. The second-order valence-corrected chi connectivity index (χ2v) is 6.18. The number of aryl methyl sites for hydroxylation is 1. The third kappa shape index (κ3) is 2.37. The highest BCUT2D eigenvalue weighted by atomic mass is 79.9. The van der Waals surface area contributed by atoms with E-state index in [0.29, 0.717) is 10.0 Å². The first-order chi connectivity index (χ1) is 5.84. The molecule has 2 nitrogen and oxygen atoms in total. The van der Waals surface area contributed by atoms with Crippen LogP contribution in [-0.4, -0.2) is 8.42 Å². The van der Waals surface area contributed by atoms with Gasteiger partial charge in [0, 0.05) is 15.2 Å². The third-order valence-electron chi connectivity index (χ3n) is 1.49. The maximum atomic E-state index is 11.1. The van der Waals surface area contributed by atoms with Gasteiger partial charge in [-0.25, -0.2) is 8.42 Å². The summed E-state index contributed by atoms with van der Waals surface area (Å²) in [6, 6.07) is 3.30. The molecule has 0 heterocycles. The van der Waals surface area contributed by atoms with E-state index in [0.717, 1.165) is 0 Å². The Morgan fingerprint density at radius 3 is 2.31 bits per heavy atom. The van der Waals surface area contributed by atoms with Crippen molar-refractivity contribution in [2.75, 3.05) is 0 Å². The van der Waals surface area contributed by atoms with Crippen molar-refractivity contribution in [3.63, 3.8) is 0 Å². The van der Waals surface area contributed by atoms with Gasteiger partial charge in [0.25, 0.3) is 9.05 Å². The molecule has 1 aromatic carbocycles. The zero-order valence-corrected chi connectivity index (χ0v) is 10.4. The van der Waals surface area contributed by atoms with Gasteiger partial charge in [0.15, 0.2) is 0 Å². The molecule has 1 rings (SSSR count). The van der Waals surface area contributed by atoms with Crippen LogP contribution in [0.15, 0.2) is 21.5 Å². The van der Waals surface area contributed by atoms with Crippen LogP contribution in [-0.2, 0) is 9.05 Å². The van der Waals surface area contributed by atoms with Crippen LogP contribution in [0.2, 0.25) is 5.02 Å². The Morgan fingerprint density at radius 2 is 1.92 bits per heavy atom. The summed E-state index contributed by atoms with van der Waals surface area (Å²) in [6.07, 6.45) is 0. The van der Waals surface area contributed by atoms with Crippen molar-refractivity contribution in [3.8, 4) is 0 Å². The summed E-state index contributed by atoms with van der Waals surface area (Å²) in [5, 5.41) is 0.157. The fourth-order valence-corrected chi connectivity index (χ4v) is 3.96. The lowest BCUT2D eigenvalue weighted by Crippen LogP contribution is -1.95. The first-order valence-electron chi connectivity index (χ1n) is 3.23. The van der Waals surface area contributed by atoms with Crippen LogP contribution < -0.4 is 0 Å². The van der Waals surface area contributed by atoms with E-state index in [9.17, 15) is 8.42 Å². The first-order valence-corrected chi connectivity index (χ1v) is 6.71. The molecule has 0 aromatic heterocycles. The second kappa shape index (κ2) is 3.77. The Labute approximate surface area is 94.4 Å². The van der Waals surface area contributed by atoms with Crippen LogP contribution in [0.3, 0.4) is 0 Å². The Bertz CT molecular complexity index is 442. The first kappa shape index (κ1) is 11.3. The van der Waals surface area contributed by atoms with E-state index in [1.54, 1.807) is 19.1 Å². The maximum absolute atomic E-state index is 11.1. The number of hydrogen-bond donors (Lipinski definition) is 0. The average molecular weight is 304 g/mol. The van der Waals surface area contributed by atoms with E-state index in [4.69, 9.17) is 22.3 Å². The van der Waals surface area contributed by atoms with E-state index in [1.807, 2.05) is 0 Å². The van der Waals surface area contributed by atoms with Crippen molar-refractivity contribution in [2.45, 2.75) is 11.8 Å². The third-order valence-corrected chi connectivity index (χ3v) is 4.38. The standard InChI is InChI=1S/C7H5BrCl2O2S/c1-4-2-3-5(8)7(6(4)9)13(10,11)12/h2-3H,1H3. The highest BCUT2D eigenvalue weighted by Crippen LogP contribution is 2.33. The van der Waals surface area contributed by atoms with Gasteiger partial charge in [-0.15, -0.1) is 0 Å². The summed E-state index contributed by atoms with van der Waals surface area (Å²) in [5.74, 6) is 0. The van der Waals surface area contributed by atoms with Gasteiger partial charge in [0.1, 0.15) is 4.90 Å². The summed E-state index contributed by atoms with van der Waals surface area (Å²) < 4.78 is 22.5. The molecule has 1 aromatic rings. The van der Waals surface area contributed by atoms with Crippen molar-refractivity contribution in [3.05, 3.63) is 27.2 Å². The molecule has 0 bridgehead atoms. The summed E-state index contributed by atoms with van der Waals surface area (Å²) in [4.78, 5) is -0.0733. The second-order valence-electron chi connectivity index (χ2n) is 2.45. The van der Waals surface area contributed by atoms with E-state index < -0.39 is 9.05 Å². The van der Waals surface area contributed by atoms with Crippen LogP contribution in [0.4, 0.5) is 0 Å². The molecule has 0 saturated heterocycles. The topological polar surface area (TPSA) is 34.1 Å². The van der Waals surface area contributed by atoms with Crippen molar-refractivity contribution in [1.82, 2.24) is 0 Å². The van der Waals surface area contributed by atoms with Gasteiger partial charge >= 0.3 is 0 Å². The van der Waals surface area contributed by atoms with Gasteiger partial charge in [-0.05, 0) is 34.5 Å². The minimum absolute atomic E-state index is 0.0733. The van der Waals surface area contributed by atoms with Gasteiger partial charge in [-0.3, -0.25) is 0 Å². The zero-order valence-electron chi connectivity index (χ0n) is 6.51. The monoisotopic (exact) mass is 302 g/mol. The normalized spacial score (nSPS) is 11.7. The number of rotatable bonds is 1. The van der Waals surface area contributed by atoms with Crippen LogP contribution in [0, 0.1) is 6.92 Å². The Balaban J connectivity index is 3.62. The highest BCUT2D eigenvalue weighted by molar-refractivity contribution is 9.10. The molecular weight excluding hydrogens is 299 g/mol. The Kier molecular flexibility index (Phi) is 3.28. The number of benzene rings is 1.